The molecule has 0 amide bonds. The first-order chi connectivity index (χ1) is 10.3. The van der Waals surface area contributed by atoms with Crippen LogP contribution in [0.15, 0.2) is 22.8 Å². The minimum Gasteiger partial charge on any atom is -0.0796 e. The van der Waals surface area contributed by atoms with Gasteiger partial charge < -0.3 is 0 Å². The summed E-state index contributed by atoms with van der Waals surface area (Å²) in [6.45, 7) is 17.0. The Balaban J connectivity index is 2.49. The molecule has 0 N–H and O–H groups in total. The Bertz CT molecular complexity index is 449. The third kappa shape index (κ3) is 3.36. The SMILES string of the molecule is CCCC1=C(CC)C(C)C(C)CC(C)=CC(C)(C)C2CCC12. The van der Waals surface area contributed by atoms with Crippen molar-refractivity contribution >= 4 is 0 Å². The molecule has 1 fully saturated rings. The molecule has 0 saturated heterocycles. The summed E-state index contributed by atoms with van der Waals surface area (Å²) in [4.78, 5) is 0. The normalized spacial score (nSPS) is 35.5. The maximum atomic E-state index is 2.62. The van der Waals surface area contributed by atoms with Gasteiger partial charge in [-0.15, -0.1) is 0 Å². The highest BCUT2D eigenvalue weighted by Crippen LogP contribution is 2.53. The second-order valence-corrected chi connectivity index (χ2v) is 8.73. The molecule has 22 heavy (non-hydrogen) atoms. The van der Waals surface area contributed by atoms with Gasteiger partial charge in [0.15, 0.2) is 0 Å². The lowest BCUT2D eigenvalue weighted by atomic mass is 9.56. The lowest BCUT2D eigenvalue weighted by Gasteiger charge is -2.49. The standard InChI is InChI=1S/C22H38/c1-8-10-19-18(9-2)17(5)16(4)13-15(3)14-22(6,7)21-12-11-20(19)21/h14,16-17,20-21H,8-13H2,1-7H3. The molecule has 0 aromatic rings. The number of fused-ring (bicyclic) bond motifs is 1. The van der Waals surface area contributed by atoms with Crippen LogP contribution in [0.3, 0.4) is 0 Å². The van der Waals surface area contributed by atoms with Gasteiger partial charge in [-0.3, -0.25) is 0 Å². The van der Waals surface area contributed by atoms with Crippen LogP contribution in [0.4, 0.5) is 0 Å². The minimum atomic E-state index is 0.366. The zero-order valence-electron chi connectivity index (χ0n) is 16.1. The molecule has 0 bridgehead atoms. The molecule has 1 saturated carbocycles. The van der Waals surface area contributed by atoms with Crippen LogP contribution in [0, 0.1) is 29.1 Å². The van der Waals surface area contributed by atoms with E-state index < -0.39 is 0 Å². The van der Waals surface area contributed by atoms with Crippen LogP contribution >= 0.6 is 0 Å². The van der Waals surface area contributed by atoms with Gasteiger partial charge in [-0.2, -0.15) is 0 Å². The van der Waals surface area contributed by atoms with E-state index in [0.29, 0.717) is 5.41 Å². The molecule has 0 heteroatoms. The molecule has 126 valence electrons. The van der Waals surface area contributed by atoms with Crippen molar-refractivity contribution in [3.63, 3.8) is 0 Å². The summed E-state index contributed by atoms with van der Waals surface area (Å²) in [5.41, 5.74) is 5.66. The maximum absolute atomic E-state index is 2.62. The van der Waals surface area contributed by atoms with E-state index >= 15 is 0 Å². The Morgan fingerprint density at radius 1 is 1.09 bits per heavy atom. The summed E-state index contributed by atoms with van der Waals surface area (Å²) >= 11 is 0. The van der Waals surface area contributed by atoms with Crippen molar-refractivity contribution < 1.29 is 0 Å². The topological polar surface area (TPSA) is 0 Å². The van der Waals surface area contributed by atoms with Gasteiger partial charge in [-0.1, -0.05) is 70.8 Å². The molecule has 0 aromatic heterocycles. The van der Waals surface area contributed by atoms with Gasteiger partial charge in [-0.05, 0) is 68.1 Å². The first-order valence-electron chi connectivity index (χ1n) is 9.71. The molecule has 2 rings (SSSR count). The Hall–Kier alpha value is -0.520. The van der Waals surface area contributed by atoms with E-state index in [2.05, 4.69) is 54.5 Å². The zero-order chi connectivity index (χ0) is 16.5. The third-order valence-corrected chi connectivity index (χ3v) is 6.66. The molecule has 2 aliphatic rings. The summed E-state index contributed by atoms with van der Waals surface area (Å²) in [6, 6.07) is 0. The second kappa shape index (κ2) is 6.93. The van der Waals surface area contributed by atoms with E-state index in [1.807, 2.05) is 11.1 Å². The van der Waals surface area contributed by atoms with Gasteiger partial charge in [0.2, 0.25) is 0 Å². The summed E-state index contributed by atoms with van der Waals surface area (Å²) in [5.74, 6) is 3.25. The van der Waals surface area contributed by atoms with Gasteiger partial charge in [0.1, 0.15) is 0 Å². The van der Waals surface area contributed by atoms with Crippen LogP contribution in [0.5, 0.6) is 0 Å². The van der Waals surface area contributed by atoms with Gasteiger partial charge >= 0.3 is 0 Å². The van der Waals surface area contributed by atoms with Gasteiger partial charge in [0.05, 0.1) is 0 Å². The van der Waals surface area contributed by atoms with E-state index in [1.165, 1.54) is 38.5 Å². The van der Waals surface area contributed by atoms with Crippen molar-refractivity contribution in [2.75, 3.05) is 0 Å². The summed E-state index contributed by atoms with van der Waals surface area (Å²) < 4.78 is 0. The highest BCUT2D eigenvalue weighted by Gasteiger charge is 2.43. The van der Waals surface area contributed by atoms with Crippen LogP contribution in [0.25, 0.3) is 0 Å². The highest BCUT2D eigenvalue weighted by atomic mass is 14.5. The first kappa shape index (κ1) is 17.8. The van der Waals surface area contributed by atoms with Crippen LogP contribution in [-0.4, -0.2) is 0 Å². The molecule has 0 spiro atoms. The van der Waals surface area contributed by atoms with Crippen molar-refractivity contribution in [3.05, 3.63) is 22.8 Å². The quantitative estimate of drug-likeness (QED) is 0.485. The average Bonchev–Trinajstić information content (AvgIpc) is 2.35. The Morgan fingerprint density at radius 2 is 1.77 bits per heavy atom. The first-order valence-corrected chi connectivity index (χ1v) is 9.71. The predicted octanol–water partition coefficient (Wildman–Crippen LogP) is 7.17. The number of hydrogen-bond donors (Lipinski definition) is 0. The molecule has 0 radical (unpaired) electrons. The van der Waals surface area contributed by atoms with Crippen molar-refractivity contribution in [3.8, 4) is 0 Å². The van der Waals surface area contributed by atoms with Crippen LogP contribution in [-0.2, 0) is 0 Å². The van der Waals surface area contributed by atoms with E-state index in [9.17, 15) is 0 Å². The van der Waals surface area contributed by atoms with Gasteiger partial charge in [0.25, 0.3) is 0 Å². The molecule has 4 atom stereocenters. The predicted molar refractivity (Wildman–Crippen MR) is 98.9 cm³/mol. The summed E-state index contributed by atoms with van der Waals surface area (Å²) in [5, 5.41) is 0. The fourth-order valence-corrected chi connectivity index (χ4v) is 5.33. The Morgan fingerprint density at radius 3 is 2.27 bits per heavy atom. The lowest BCUT2D eigenvalue weighted by molar-refractivity contribution is 0.0954. The van der Waals surface area contributed by atoms with E-state index in [1.54, 1.807) is 5.57 Å². The zero-order valence-corrected chi connectivity index (χ0v) is 16.1. The van der Waals surface area contributed by atoms with E-state index in [-0.39, 0.29) is 0 Å². The second-order valence-electron chi connectivity index (χ2n) is 8.73. The van der Waals surface area contributed by atoms with Crippen LogP contribution in [0.2, 0.25) is 0 Å². The fourth-order valence-electron chi connectivity index (χ4n) is 5.33. The van der Waals surface area contributed by atoms with Gasteiger partial charge in [0, 0.05) is 0 Å². The van der Waals surface area contributed by atoms with E-state index in [4.69, 9.17) is 0 Å². The van der Waals surface area contributed by atoms with Crippen molar-refractivity contribution in [1.29, 1.82) is 0 Å². The summed E-state index contributed by atoms with van der Waals surface area (Å²) in [7, 11) is 0. The largest absolute Gasteiger partial charge is 0.0796 e. The molecular formula is C22H38. The smallest absolute Gasteiger partial charge is 0.0138 e. The van der Waals surface area contributed by atoms with Crippen molar-refractivity contribution in [1.82, 2.24) is 0 Å². The monoisotopic (exact) mass is 302 g/mol. The number of hydrogen-bond acceptors (Lipinski definition) is 0. The van der Waals surface area contributed by atoms with Gasteiger partial charge in [-0.25, -0.2) is 0 Å². The number of rotatable bonds is 3. The molecule has 2 aliphatic carbocycles. The number of allylic oxidation sites excluding steroid dienone is 4. The molecule has 4 unspecified atom stereocenters. The van der Waals surface area contributed by atoms with E-state index in [0.717, 1.165) is 23.7 Å². The van der Waals surface area contributed by atoms with Crippen molar-refractivity contribution in [2.45, 2.75) is 87.0 Å². The molecule has 0 aromatic carbocycles. The fraction of sp³-hybridized carbons (Fsp3) is 0.818. The molecule has 0 aliphatic heterocycles. The van der Waals surface area contributed by atoms with Crippen LogP contribution < -0.4 is 0 Å². The van der Waals surface area contributed by atoms with Crippen molar-refractivity contribution in [2.24, 2.45) is 29.1 Å². The van der Waals surface area contributed by atoms with Crippen LogP contribution in [0.1, 0.15) is 87.0 Å². The molecule has 0 heterocycles. The minimum absolute atomic E-state index is 0.366. The Labute approximate surface area is 139 Å². The third-order valence-electron chi connectivity index (χ3n) is 6.66. The maximum Gasteiger partial charge on any atom is -0.0138 e. The average molecular weight is 303 g/mol. The molecule has 0 nitrogen and oxygen atoms in total. The Kier molecular flexibility index (Phi) is 5.62. The molecular weight excluding hydrogens is 264 g/mol. The summed E-state index contributed by atoms with van der Waals surface area (Å²) in [6.07, 6.45) is 10.6. The lowest BCUT2D eigenvalue weighted by Crippen LogP contribution is -2.39. The highest BCUT2D eigenvalue weighted by molar-refractivity contribution is 5.26.